The normalized spacial score (nSPS) is 12.3. The quantitative estimate of drug-likeness (QED) is 0.675. The van der Waals surface area contributed by atoms with E-state index in [0.29, 0.717) is 12.5 Å². The van der Waals surface area contributed by atoms with Crippen LogP contribution in [-0.4, -0.2) is 43.0 Å². The van der Waals surface area contributed by atoms with Crippen molar-refractivity contribution in [3.63, 3.8) is 0 Å². The summed E-state index contributed by atoms with van der Waals surface area (Å²) < 4.78 is 0. The highest BCUT2D eigenvalue weighted by Crippen LogP contribution is 1.96. The molecule has 3 N–H and O–H groups in total. The third kappa shape index (κ3) is 7.33. The molecule has 0 bridgehead atoms. The lowest BCUT2D eigenvalue weighted by molar-refractivity contribution is -0.125. The van der Waals surface area contributed by atoms with E-state index < -0.39 is 5.54 Å². The topological polar surface area (TPSA) is 58.4 Å². The second-order valence-corrected chi connectivity index (χ2v) is 5.13. The van der Waals surface area contributed by atoms with Crippen LogP contribution in [0.15, 0.2) is 0 Å². The van der Waals surface area contributed by atoms with Crippen LogP contribution in [0.5, 0.6) is 0 Å². The van der Waals surface area contributed by atoms with Crippen LogP contribution in [0.4, 0.5) is 0 Å². The van der Waals surface area contributed by atoms with Gasteiger partial charge >= 0.3 is 0 Å². The van der Waals surface area contributed by atoms with Crippen LogP contribution in [0, 0.1) is 5.92 Å². The van der Waals surface area contributed by atoms with Crippen molar-refractivity contribution >= 4 is 5.91 Å². The zero-order valence-corrected chi connectivity index (χ0v) is 10.6. The summed E-state index contributed by atoms with van der Waals surface area (Å²) in [5.41, 5.74) is 4.87. The summed E-state index contributed by atoms with van der Waals surface area (Å²) in [6.45, 7) is 10.3. The molecule has 0 unspecified atom stereocenters. The van der Waals surface area contributed by atoms with E-state index in [1.807, 2.05) is 0 Å². The predicted octanol–water partition coefficient (Wildman–Crippen LogP) is 0.428. The third-order valence-corrected chi connectivity index (χ3v) is 2.04. The van der Waals surface area contributed by atoms with Gasteiger partial charge in [0.05, 0.1) is 5.54 Å². The molecule has 90 valence electrons. The van der Waals surface area contributed by atoms with Gasteiger partial charge in [-0.05, 0) is 26.8 Å². The lowest BCUT2D eigenvalue weighted by Crippen LogP contribution is -2.50. The zero-order chi connectivity index (χ0) is 12.1. The second kappa shape index (κ2) is 6.08. The average Bonchev–Trinajstić information content (AvgIpc) is 2.00. The second-order valence-electron chi connectivity index (χ2n) is 5.13. The van der Waals surface area contributed by atoms with Gasteiger partial charge < -0.3 is 16.0 Å². The van der Waals surface area contributed by atoms with Crippen molar-refractivity contribution in [1.82, 2.24) is 10.2 Å². The van der Waals surface area contributed by atoms with Crippen LogP contribution in [0.25, 0.3) is 0 Å². The summed E-state index contributed by atoms with van der Waals surface area (Å²) in [4.78, 5) is 13.6. The summed E-state index contributed by atoms with van der Waals surface area (Å²) >= 11 is 0. The van der Waals surface area contributed by atoms with E-state index >= 15 is 0 Å². The van der Waals surface area contributed by atoms with Gasteiger partial charge in [0.2, 0.25) is 5.91 Å². The molecule has 4 heteroatoms. The van der Waals surface area contributed by atoms with Crippen molar-refractivity contribution in [3.05, 3.63) is 0 Å². The Morgan fingerprint density at radius 2 is 2.00 bits per heavy atom. The number of hydrogen-bond donors (Lipinski definition) is 2. The Morgan fingerprint density at radius 3 is 2.40 bits per heavy atom. The molecule has 0 heterocycles. The average molecular weight is 215 g/mol. The molecule has 0 aliphatic rings. The Bertz CT molecular complexity index is 196. The minimum absolute atomic E-state index is 0.0968. The fourth-order valence-electron chi connectivity index (χ4n) is 1.30. The predicted molar refractivity (Wildman–Crippen MR) is 63.6 cm³/mol. The molecular formula is C11H25N3O. The lowest BCUT2D eigenvalue weighted by Gasteiger charge is -2.21. The molecule has 0 aromatic carbocycles. The summed E-state index contributed by atoms with van der Waals surface area (Å²) in [6.07, 6.45) is 0. The molecule has 0 aromatic heterocycles. The number of amides is 1. The maximum atomic E-state index is 11.4. The van der Waals surface area contributed by atoms with Crippen molar-refractivity contribution < 1.29 is 4.79 Å². The van der Waals surface area contributed by atoms with Crippen molar-refractivity contribution in [1.29, 1.82) is 0 Å². The van der Waals surface area contributed by atoms with E-state index in [-0.39, 0.29) is 5.91 Å². The van der Waals surface area contributed by atoms with E-state index in [4.69, 9.17) is 5.73 Å². The maximum absolute atomic E-state index is 11.4. The molecule has 0 aliphatic heterocycles. The molecule has 0 fully saturated rings. The van der Waals surface area contributed by atoms with Crippen LogP contribution in [0.3, 0.4) is 0 Å². The molecule has 0 rings (SSSR count). The van der Waals surface area contributed by atoms with Gasteiger partial charge in [0.15, 0.2) is 0 Å². The number of nitrogens with zero attached hydrogens (tertiary/aromatic N) is 1. The maximum Gasteiger partial charge on any atom is 0.239 e. The molecule has 0 saturated heterocycles. The zero-order valence-electron chi connectivity index (χ0n) is 10.6. The van der Waals surface area contributed by atoms with Crippen LogP contribution in [0.1, 0.15) is 27.7 Å². The first-order valence-electron chi connectivity index (χ1n) is 5.49. The molecule has 1 amide bonds. The smallest absolute Gasteiger partial charge is 0.239 e. The summed E-state index contributed by atoms with van der Waals surface area (Å²) in [5, 5.41) is 2.82. The van der Waals surface area contributed by atoms with E-state index in [0.717, 1.165) is 13.1 Å². The number of carbonyl (C=O) groups excluding carboxylic acids is 1. The highest BCUT2D eigenvalue weighted by molar-refractivity contribution is 5.84. The number of nitrogens with one attached hydrogen (secondary N) is 1. The van der Waals surface area contributed by atoms with Gasteiger partial charge in [-0.25, -0.2) is 0 Å². The Morgan fingerprint density at radius 1 is 1.47 bits per heavy atom. The molecule has 0 radical (unpaired) electrons. The van der Waals surface area contributed by atoms with E-state index in [1.165, 1.54) is 0 Å². The van der Waals surface area contributed by atoms with Gasteiger partial charge in [0.1, 0.15) is 0 Å². The monoisotopic (exact) mass is 215 g/mol. The fourth-order valence-corrected chi connectivity index (χ4v) is 1.30. The molecule has 0 atom stereocenters. The third-order valence-electron chi connectivity index (χ3n) is 2.04. The molecule has 15 heavy (non-hydrogen) atoms. The number of likely N-dealkylation sites (N-methyl/N-ethyl adjacent to an activating group) is 1. The highest BCUT2D eigenvalue weighted by Gasteiger charge is 2.20. The minimum Gasteiger partial charge on any atom is -0.353 e. The van der Waals surface area contributed by atoms with Gasteiger partial charge in [-0.1, -0.05) is 13.8 Å². The molecule has 4 nitrogen and oxygen atoms in total. The molecule has 0 saturated carbocycles. The first kappa shape index (κ1) is 14.4. The Hall–Kier alpha value is -0.610. The van der Waals surface area contributed by atoms with Crippen molar-refractivity contribution in [3.8, 4) is 0 Å². The highest BCUT2D eigenvalue weighted by atomic mass is 16.2. The Kier molecular flexibility index (Phi) is 5.83. The molecule has 0 aliphatic carbocycles. The SMILES string of the molecule is CC(C)CN(C)CCNC(=O)C(C)(C)N. The first-order chi connectivity index (χ1) is 6.73. The minimum atomic E-state index is -0.781. The van der Waals surface area contributed by atoms with Crippen LogP contribution in [-0.2, 0) is 4.79 Å². The summed E-state index contributed by atoms with van der Waals surface area (Å²) in [5.74, 6) is 0.553. The molecular weight excluding hydrogens is 190 g/mol. The van der Waals surface area contributed by atoms with Crippen molar-refractivity contribution in [2.45, 2.75) is 33.2 Å². The number of nitrogens with two attached hydrogens (primary N) is 1. The molecule has 0 aromatic rings. The largest absolute Gasteiger partial charge is 0.353 e. The Balaban J connectivity index is 3.67. The van der Waals surface area contributed by atoms with Gasteiger partial charge in [-0.3, -0.25) is 4.79 Å². The first-order valence-corrected chi connectivity index (χ1v) is 5.49. The molecule has 0 spiro atoms. The lowest BCUT2D eigenvalue weighted by atomic mass is 10.1. The fraction of sp³-hybridized carbons (Fsp3) is 0.909. The summed E-state index contributed by atoms with van der Waals surface area (Å²) in [6, 6.07) is 0. The standard InChI is InChI=1S/C11H25N3O/c1-9(2)8-14(5)7-6-13-10(15)11(3,4)12/h9H,6-8,12H2,1-5H3,(H,13,15). The number of rotatable bonds is 6. The Labute approximate surface area is 93.2 Å². The van der Waals surface area contributed by atoms with Gasteiger partial charge in [0.25, 0.3) is 0 Å². The van der Waals surface area contributed by atoms with Crippen LogP contribution < -0.4 is 11.1 Å². The van der Waals surface area contributed by atoms with Crippen LogP contribution >= 0.6 is 0 Å². The van der Waals surface area contributed by atoms with E-state index in [1.54, 1.807) is 13.8 Å². The van der Waals surface area contributed by atoms with Gasteiger partial charge in [-0.2, -0.15) is 0 Å². The van der Waals surface area contributed by atoms with Gasteiger partial charge in [0, 0.05) is 19.6 Å². The summed E-state index contributed by atoms with van der Waals surface area (Å²) in [7, 11) is 2.06. The van der Waals surface area contributed by atoms with E-state index in [2.05, 4.69) is 31.1 Å². The van der Waals surface area contributed by atoms with Crippen molar-refractivity contribution in [2.24, 2.45) is 11.7 Å². The van der Waals surface area contributed by atoms with Crippen molar-refractivity contribution in [2.75, 3.05) is 26.7 Å². The van der Waals surface area contributed by atoms with E-state index in [9.17, 15) is 4.79 Å². The number of carbonyl (C=O) groups is 1. The number of hydrogen-bond acceptors (Lipinski definition) is 3. The van der Waals surface area contributed by atoms with Crippen LogP contribution in [0.2, 0.25) is 0 Å². The van der Waals surface area contributed by atoms with Gasteiger partial charge in [-0.15, -0.1) is 0 Å².